The molecule has 4 heteroatoms. The van der Waals surface area contributed by atoms with E-state index in [1.165, 1.54) is 0 Å². The number of ether oxygens (including phenoxy) is 2. The van der Waals surface area contributed by atoms with Gasteiger partial charge >= 0.3 is 5.97 Å². The third kappa shape index (κ3) is 3.46. The third-order valence-electron chi connectivity index (χ3n) is 3.01. The lowest BCUT2D eigenvalue weighted by Crippen LogP contribution is -2.33. The van der Waals surface area contributed by atoms with Crippen LogP contribution in [0.5, 0.6) is 0 Å². The molecular formula is C12H22O4. The van der Waals surface area contributed by atoms with Crippen LogP contribution in [-0.2, 0) is 14.3 Å². The van der Waals surface area contributed by atoms with Crippen LogP contribution in [-0.4, -0.2) is 29.6 Å². The van der Waals surface area contributed by atoms with Crippen LogP contribution in [0.25, 0.3) is 0 Å². The molecule has 1 unspecified atom stereocenters. The topological polar surface area (TPSA) is 55.8 Å². The zero-order valence-electron chi connectivity index (χ0n) is 10.5. The zero-order chi connectivity index (χ0) is 12.3. The van der Waals surface area contributed by atoms with Crippen molar-refractivity contribution in [2.45, 2.75) is 52.4 Å². The van der Waals surface area contributed by atoms with Gasteiger partial charge in [0.05, 0.1) is 18.6 Å². The SMILES string of the molecule is CCOC(=O)C1CC[C@H](OC(C)(C)O)[C@@H]1C. The summed E-state index contributed by atoms with van der Waals surface area (Å²) in [6, 6.07) is 0. The van der Waals surface area contributed by atoms with Crippen molar-refractivity contribution in [3.05, 3.63) is 0 Å². The normalized spacial score (nSPS) is 30.4. The van der Waals surface area contributed by atoms with Gasteiger partial charge in [-0.05, 0) is 39.5 Å². The lowest BCUT2D eigenvalue weighted by molar-refractivity contribution is -0.213. The van der Waals surface area contributed by atoms with Crippen molar-refractivity contribution in [2.75, 3.05) is 6.61 Å². The monoisotopic (exact) mass is 230 g/mol. The molecule has 1 aliphatic rings. The lowest BCUT2D eigenvalue weighted by atomic mass is 9.97. The Balaban J connectivity index is 2.53. The fourth-order valence-electron chi connectivity index (χ4n) is 2.25. The van der Waals surface area contributed by atoms with E-state index in [0.717, 1.165) is 12.8 Å². The van der Waals surface area contributed by atoms with Crippen LogP contribution in [0, 0.1) is 11.8 Å². The number of carbonyl (C=O) groups excluding carboxylic acids is 1. The smallest absolute Gasteiger partial charge is 0.309 e. The first-order valence-corrected chi connectivity index (χ1v) is 5.92. The largest absolute Gasteiger partial charge is 0.466 e. The average Bonchev–Trinajstić information content (AvgIpc) is 2.46. The third-order valence-corrected chi connectivity index (χ3v) is 3.01. The van der Waals surface area contributed by atoms with Gasteiger partial charge in [-0.3, -0.25) is 4.79 Å². The van der Waals surface area contributed by atoms with Gasteiger partial charge in [0.25, 0.3) is 0 Å². The highest BCUT2D eigenvalue weighted by Crippen LogP contribution is 2.36. The molecule has 0 aromatic rings. The molecule has 0 aromatic carbocycles. The Bertz CT molecular complexity index is 244. The Hall–Kier alpha value is -0.610. The van der Waals surface area contributed by atoms with Crippen LogP contribution in [0.2, 0.25) is 0 Å². The van der Waals surface area contributed by atoms with Crippen molar-refractivity contribution in [1.29, 1.82) is 0 Å². The number of hydrogen-bond donors (Lipinski definition) is 1. The summed E-state index contributed by atoms with van der Waals surface area (Å²) in [5.74, 6) is -1.27. The highest BCUT2D eigenvalue weighted by Gasteiger charge is 2.40. The van der Waals surface area contributed by atoms with E-state index in [4.69, 9.17) is 9.47 Å². The minimum absolute atomic E-state index is 0.0607. The molecule has 3 atom stereocenters. The molecule has 16 heavy (non-hydrogen) atoms. The molecule has 0 aromatic heterocycles. The van der Waals surface area contributed by atoms with E-state index in [2.05, 4.69) is 0 Å². The molecular weight excluding hydrogens is 208 g/mol. The van der Waals surface area contributed by atoms with Gasteiger partial charge in [0.2, 0.25) is 0 Å². The summed E-state index contributed by atoms with van der Waals surface area (Å²) in [7, 11) is 0. The summed E-state index contributed by atoms with van der Waals surface area (Å²) in [5.41, 5.74) is 0. The first-order chi connectivity index (χ1) is 7.35. The van der Waals surface area contributed by atoms with Crippen LogP contribution >= 0.6 is 0 Å². The van der Waals surface area contributed by atoms with E-state index in [0.29, 0.717) is 6.61 Å². The molecule has 0 spiro atoms. The van der Waals surface area contributed by atoms with Gasteiger partial charge in [0, 0.05) is 0 Å². The molecule has 0 radical (unpaired) electrons. The fourth-order valence-corrected chi connectivity index (χ4v) is 2.25. The fraction of sp³-hybridized carbons (Fsp3) is 0.917. The van der Waals surface area contributed by atoms with Crippen LogP contribution in [0.3, 0.4) is 0 Å². The molecule has 1 saturated carbocycles. The standard InChI is InChI=1S/C12H22O4/c1-5-15-11(13)9-6-7-10(8(9)2)16-12(3,4)14/h8-10,14H,5-7H2,1-4H3/t8-,9?,10+/m1/s1. The predicted molar refractivity (Wildman–Crippen MR) is 59.7 cm³/mol. The number of esters is 1. The summed E-state index contributed by atoms with van der Waals surface area (Å²) in [6.45, 7) is 7.42. The maximum absolute atomic E-state index is 11.6. The Morgan fingerprint density at radius 3 is 2.56 bits per heavy atom. The molecule has 0 bridgehead atoms. The summed E-state index contributed by atoms with van der Waals surface area (Å²) in [4.78, 5) is 11.6. The second-order valence-corrected chi connectivity index (χ2v) is 4.90. The Morgan fingerprint density at radius 2 is 2.06 bits per heavy atom. The molecule has 1 fully saturated rings. The van der Waals surface area contributed by atoms with E-state index in [-0.39, 0.29) is 23.9 Å². The van der Waals surface area contributed by atoms with E-state index in [9.17, 15) is 9.90 Å². The van der Waals surface area contributed by atoms with Crippen molar-refractivity contribution in [3.8, 4) is 0 Å². The maximum Gasteiger partial charge on any atom is 0.309 e. The van der Waals surface area contributed by atoms with E-state index in [1.807, 2.05) is 13.8 Å². The van der Waals surface area contributed by atoms with Gasteiger partial charge in [-0.2, -0.15) is 0 Å². The number of rotatable bonds is 4. The van der Waals surface area contributed by atoms with Gasteiger partial charge in [-0.25, -0.2) is 0 Å². The van der Waals surface area contributed by atoms with Crippen molar-refractivity contribution < 1.29 is 19.4 Å². The quantitative estimate of drug-likeness (QED) is 0.590. The molecule has 0 saturated heterocycles. The van der Waals surface area contributed by atoms with Crippen molar-refractivity contribution in [3.63, 3.8) is 0 Å². The maximum atomic E-state index is 11.6. The van der Waals surface area contributed by atoms with E-state index < -0.39 is 5.79 Å². The average molecular weight is 230 g/mol. The molecule has 4 nitrogen and oxygen atoms in total. The highest BCUT2D eigenvalue weighted by molar-refractivity contribution is 5.73. The first kappa shape index (κ1) is 13.5. The first-order valence-electron chi connectivity index (χ1n) is 5.92. The van der Waals surface area contributed by atoms with Gasteiger partial charge in [0.1, 0.15) is 0 Å². The van der Waals surface area contributed by atoms with Crippen LogP contribution in [0.4, 0.5) is 0 Å². The summed E-state index contributed by atoms with van der Waals surface area (Å²) >= 11 is 0. The molecule has 0 amide bonds. The Kier molecular flexibility index (Phi) is 4.33. The number of aliphatic hydroxyl groups is 1. The number of carbonyl (C=O) groups is 1. The second kappa shape index (κ2) is 5.15. The number of hydrogen-bond acceptors (Lipinski definition) is 4. The van der Waals surface area contributed by atoms with Gasteiger partial charge in [-0.1, -0.05) is 6.92 Å². The summed E-state index contributed by atoms with van der Waals surface area (Å²) in [5, 5.41) is 9.59. The molecule has 94 valence electrons. The molecule has 1 aliphatic carbocycles. The minimum Gasteiger partial charge on any atom is -0.466 e. The predicted octanol–water partition coefficient (Wildman–Crippen LogP) is 1.71. The Labute approximate surface area is 96.9 Å². The molecule has 0 heterocycles. The van der Waals surface area contributed by atoms with Gasteiger partial charge < -0.3 is 14.6 Å². The van der Waals surface area contributed by atoms with Crippen molar-refractivity contribution in [2.24, 2.45) is 11.8 Å². The van der Waals surface area contributed by atoms with Gasteiger partial charge in [-0.15, -0.1) is 0 Å². The van der Waals surface area contributed by atoms with Crippen molar-refractivity contribution in [1.82, 2.24) is 0 Å². The highest BCUT2D eigenvalue weighted by atomic mass is 16.6. The van der Waals surface area contributed by atoms with Gasteiger partial charge in [0.15, 0.2) is 5.79 Å². The zero-order valence-corrected chi connectivity index (χ0v) is 10.5. The Morgan fingerprint density at radius 1 is 1.44 bits per heavy atom. The van der Waals surface area contributed by atoms with E-state index in [1.54, 1.807) is 13.8 Å². The minimum atomic E-state index is -1.14. The van der Waals surface area contributed by atoms with E-state index >= 15 is 0 Å². The molecule has 1 N–H and O–H groups in total. The van der Waals surface area contributed by atoms with Crippen LogP contribution in [0.1, 0.15) is 40.5 Å². The molecule has 1 rings (SSSR count). The summed E-state index contributed by atoms with van der Waals surface area (Å²) in [6.07, 6.45) is 1.52. The van der Waals surface area contributed by atoms with Crippen molar-refractivity contribution >= 4 is 5.97 Å². The molecule has 0 aliphatic heterocycles. The second-order valence-electron chi connectivity index (χ2n) is 4.90. The van der Waals surface area contributed by atoms with Crippen LogP contribution in [0.15, 0.2) is 0 Å². The lowest BCUT2D eigenvalue weighted by Gasteiger charge is -2.27. The van der Waals surface area contributed by atoms with Crippen LogP contribution < -0.4 is 0 Å². The summed E-state index contributed by atoms with van der Waals surface area (Å²) < 4.78 is 10.5.